The lowest BCUT2D eigenvalue weighted by Crippen LogP contribution is -2.53. The summed E-state index contributed by atoms with van der Waals surface area (Å²) in [6.45, 7) is 10.2. The Bertz CT molecular complexity index is 525. The van der Waals surface area contributed by atoms with Crippen molar-refractivity contribution in [3.05, 3.63) is 17.8 Å². The molecule has 2 heterocycles. The Balaban J connectivity index is 1.39. The van der Waals surface area contributed by atoms with E-state index >= 15 is 0 Å². The molecule has 5 heteroatoms. The number of aliphatic hydroxyl groups is 1. The Morgan fingerprint density at radius 2 is 1.88 bits per heavy atom. The van der Waals surface area contributed by atoms with E-state index in [1.54, 1.807) is 0 Å². The SMILES string of the molecule is CC(C)(C)c1ccc(N2CC(CNCC3(O)CCCCC3)C2)nn1. The molecule has 1 saturated heterocycles. The van der Waals surface area contributed by atoms with E-state index in [2.05, 4.69) is 53.3 Å². The zero-order valence-electron chi connectivity index (χ0n) is 15.4. The predicted molar refractivity (Wildman–Crippen MR) is 97.3 cm³/mol. The second-order valence-corrected chi connectivity index (χ2v) is 8.71. The fourth-order valence-corrected chi connectivity index (χ4v) is 3.68. The van der Waals surface area contributed by atoms with Crippen LogP contribution in [0.5, 0.6) is 0 Å². The fraction of sp³-hybridized carbons (Fsp3) is 0.789. The maximum atomic E-state index is 10.5. The monoisotopic (exact) mass is 332 g/mol. The van der Waals surface area contributed by atoms with E-state index in [-0.39, 0.29) is 5.41 Å². The molecule has 0 atom stereocenters. The van der Waals surface area contributed by atoms with E-state index in [0.717, 1.165) is 50.5 Å². The highest BCUT2D eigenvalue weighted by Crippen LogP contribution is 2.28. The quantitative estimate of drug-likeness (QED) is 0.867. The molecule has 0 radical (unpaired) electrons. The zero-order chi connectivity index (χ0) is 17.2. The summed E-state index contributed by atoms with van der Waals surface area (Å²) in [4.78, 5) is 2.28. The van der Waals surface area contributed by atoms with Gasteiger partial charge in [-0.2, -0.15) is 5.10 Å². The molecule has 2 N–H and O–H groups in total. The zero-order valence-corrected chi connectivity index (χ0v) is 15.4. The van der Waals surface area contributed by atoms with E-state index in [9.17, 15) is 5.11 Å². The second kappa shape index (κ2) is 6.96. The molecule has 0 bridgehead atoms. The van der Waals surface area contributed by atoms with Crippen LogP contribution < -0.4 is 10.2 Å². The number of nitrogens with zero attached hydrogens (tertiary/aromatic N) is 3. The molecule has 1 saturated carbocycles. The van der Waals surface area contributed by atoms with Crippen molar-refractivity contribution in [2.75, 3.05) is 31.1 Å². The van der Waals surface area contributed by atoms with Crippen molar-refractivity contribution in [2.24, 2.45) is 5.92 Å². The van der Waals surface area contributed by atoms with Gasteiger partial charge < -0.3 is 15.3 Å². The summed E-state index contributed by atoms with van der Waals surface area (Å²) in [6.07, 6.45) is 5.51. The van der Waals surface area contributed by atoms with Crippen LogP contribution in [0.2, 0.25) is 0 Å². The summed E-state index contributed by atoms with van der Waals surface area (Å²) in [5.41, 5.74) is 0.619. The Morgan fingerprint density at radius 1 is 1.17 bits per heavy atom. The van der Waals surface area contributed by atoms with Gasteiger partial charge >= 0.3 is 0 Å². The Kier molecular flexibility index (Phi) is 5.11. The molecule has 1 aromatic rings. The summed E-state index contributed by atoms with van der Waals surface area (Å²) in [5, 5.41) is 22.7. The van der Waals surface area contributed by atoms with Gasteiger partial charge in [-0.1, -0.05) is 40.0 Å². The maximum Gasteiger partial charge on any atom is 0.151 e. The van der Waals surface area contributed by atoms with Gasteiger partial charge in [-0.25, -0.2) is 0 Å². The van der Waals surface area contributed by atoms with E-state index in [0.29, 0.717) is 5.92 Å². The van der Waals surface area contributed by atoms with Crippen molar-refractivity contribution < 1.29 is 5.11 Å². The maximum absolute atomic E-state index is 10.5. The predicted octanol–water partition coefficient (Wildman–Crippen LogP) is 2.50. The van der Waals surface area contributed by atoms with Crippen molar-refractivity contribution >= 4 is 5.82 Å². The highest BCUT2D eigenvalue weighted by Gasteiger charge is 2.31. The molecule has 0 aromatic carbocycles. The van der Waals surface area contributed by atoms with Crippen molar-refractivity contribution in [3.8, 4) is 0 Å². The van der Waals surface area contributed by atoms with Crippen LogP contribution in [0.4, 0.5) is 5.82 Å². The standard InChI is InChI=1S/C19H32N4O/c1-18(2,3)16-7-8-17(22-21-16)23-12-15(13-23)11-20-14-19(24)9-5-4-6-10-19/h7-8,15,20,24H,4-6,9-14H2,1-3H3. The number of hydrogen-bond acceptors (Lipinski definition) is 5. The van der Waals surface area contributed by atoms with Crippen molar-refractivity contribution in [2.45, 2.75) is 63.9 Å². The summed E-state index contributed by atoms with van der Waals surface area (Å²) in [7, 11) is 0. The number of nitrogens with one attached hydrogen (secondary N) is 1. The Morgan fingerprint density at radius 3 is 2.46 bits per heavy atom. The van der Waals surface area contributed by atoms with Crippen LogP contribution in [0, 0.1) is 5.92 Å². The molecular formula is C19H32N4O. The number of anilines is 1. The van der Waals surface area contributed by atoms with Gasteiger partial charge in [0.2, 0.25) is 0 Å². The topological polar surface area (TPSA) is 61.3 Å². The lowest BCUT2D eigenvalue weighted by molar-refractivity contribution is 0.00411. The normalized spacial score (nSPS) is 21.6. The average molecular weight is 332 g/mol. The molecule has 3 rings (SSSR count). The van der Waals surface area contributed by atoms with Crippen LogP contribution in [0.25, 0.3) is 0 Å². The van der Waals surface area contributed by atoms with Crippen LogP contribution in [0.1, 0.15) is 58.6 Å². The van der Waals surface area contributed by atoms with Gasteiger partial charge in [-0.05, 0) is 25.0 Å². The fourth-order valence-electron chi connectivity index (χ4n) is 3.68. The van der Waals surface area contributed by atoms with Crippen LogP contribution in [-0.4, -0.2) is 47.1 Å². The third kappa shape index (κ3) is 4.25. The first kappa shape index (κ1) is 17.6. The highest BCUT2D eigenvalue weighted by molar-refractivity contribution is 5.41. The van der Waals surface area contributed by atoms with E-state index in [1.807, 2.05) is 0 Å². The summed E-state index contributed by atoms with van der Waals surface area (Å²) in [5.74, 6) is 1.62. The summed E-state index contributed by atoms with van der Waals surface area (Å²) < 4.78 is 0. The molecule has 0 spiro atoms. The van der Waals surface area contributed by atoms with Crippen molar-refractivity contribution in [1.82, 2.24) is 15.5 Å². The molecule has 1 aromatic heterocycles. The molecule has 0 unspecified atom stereocenters. The van der Waals surface area contributed by atoms with Crippen LogP contribution in [0.3, 0.4) is 0 Å². The highest BCUT2D eigenvalue weighted by atomic mass is 16.3. The minimum absolute atomic E-state index is 0.0479. The smallest absolute Gasteiger partial charge is 0.151 e. The Labute approximate surface area is 145 Å². The van der Waals surface area contributed by atoms with Crippen molar-refractivity contribution in [1.29, 1.82) is 0 Å². The molecule has 1 aliphatic carbocycles. The summed E-state index contributed by atoms with van der Waals surface area (Å²) >= 11 is 0. The average Bonchev–Trinajstić information content (AvgIpc) is 2.49. The van der Waals surface area contributed by atoms with Crippen molar-refractivity contribution in [3.63, 3.8) is 0 Å². The van der Waals surface area contributed by atoms with Crippen LogP contribution in [0.15, 0.2) is 12.1 Å². The minimum Gasteiger partial charge on any atom is -0.389 e. The van der Waals surface area contributed by atoms with Crippen LogP contribution >= 0.6 is 0 Å². The van der Waals surface area contributed by atoms with Crippen LogP contribution in [-0.2, 0) is 5.41 Å². The van der Waals surface area contributed by atoms with Gasteiger partial charge in [0.05, 0.1) is 11.3 Å². The largest absolute Gasteiger partial charge is 0.389 e. The minimum atomic E-state index is -0.462. The molecule has 2 fully saturated rings. The molecule has 24 heavy (non-hydrogen) atoms. The van der Waals surface area contributed by atoms with Gasteiger partial charge in [0, 0.05) is 37.5 Å². The van der Waals surface area contributed by atoms with E-state index in [1.165, 1.54) is 19.3 Å². The lowest BCUT2D eigenvalue weighted by Gasteiger charge is -2.41. The van der Waals surface area contributed by atoms with E-state index in [4.69, 9.17) is 0 Å². The first-order valence-corrected chi connectivity index (χ1v) is 9.38. The first-order valence-electron chi connectivity index (χ1n) is 9.38. The molecule has 0 amide bonds. The number of rotatable bonds is 5. The molecule has 134 valence electrons. The van der Waals surface area contributed by atoms with E-state index < -0.39 is 5.60 Å². The first-order chi connectivity index (χ1) is 11.4. The van der Waals surface area contributed by atoms with Gasteiger partial charge in [-0.15, -0.1) is 5.10 Å². The number of aromatic nitrogens is 2. The molecule has 2 aliphatic rings. The lowest BCUT2D eigenvalue weighted by atomic mass is 9.85. The molecule has 5 nitrogen and oxygen atoms in total. The summed E-state index contributed by atoms with van der Waals surface area (Å²) in [6, 6.07) is 4.18. The van der Waals surface area contributed by atoms with Gasteiger partial charge in [0.15, 0.2) is 5.82 Å². The number of hydrogen-bond donors (Lipinski definition) is 2. The van der Waals surface area contributed by atoms with Gasteiger partial charge in [0.1, 0.15) is 0 Å². The third-order valence-corrected chi connectivity index (χ3v) is 5.37. The Hall–Kier alpha value is -1.20. The second-order valence-electron chi connectivity index (χ2n) is 8.71. The molecular weight excluding hydrogens is 300 g/mol. The van der Waals surface area contributed by atoms with Gasteiger partial charge in [0.25, 0.3) is 0 Å². The van der Waals surface area contributed by atoms with Gasteiger partial charge in [-0.3, -0.25) is 0 Å². The third-order valence-electron chi connectivity index (χ3n) is 5.37. The molecule has 1 aliphatic heterocycles.